The second kappa shape index (κ2) is 22.2. The summed E-state index contributed by atoms with van der Waals surface area (Å²) in [5.74, 6) is -0.699. The Labute approximate surface area is 220 Å². The van der Waals surface area contributed by atoms with Gasteiger partial charge < -0.3 is 33.9 Å². The van der Waals surface area contributed by atoms with Crippen molar-refractivity contribution >= 4 is 5.97 Å². The van der Waals surface area contributed by atoms with Gasteiger partial charge in [-0.1, -0.05) is 53.9 Å². The summed E-state index contributed by atoms with van der Waals surface area (Å²) < 4.78 is 29.0. The predicted molar refractivity (Wildman–Crippen MR) is 142 cm³/mol. The van der Waals surface area contributed by atoms with Crippen molar-refractivity contribution in [1.29, 1.82) is 0 Å². The molecule has 0 heterocycles. The highest BCUT2D eigenvalue weighted by Gasteiger charge is 2.36. The van der Waals surface area contributed by atoms with Crippen molar-refractivity contribution in [2.24, 2.45) is 17.8 Å². The third-order valence-electron chi connectivity index (χ3n) is 6.37. The highest BCUT2D eigenvalue weighted by atomic mass is 16.6. The Kier molecular flexibility index (Phi) is 21.8. The molecule has 0 amide bonds. The minimum Gasteiger partial charge on any atom is -0.469 e. The van der Waals surface area contributed by atoms with Gasteiger partial charge in [-0.25, -0.2) is 0 Å². The average Bonchev–Trinajstić information content (AvgIpc) is 2.85. The second-order valence-corrected chi connectivity index (χ2v) is 10.1. The molecule has 0 aromatic heterocycles. The van der Waals surface area contributed by atoms with Gasteiger partial charge in [0.05, 0.1) is 44.6 Å². The molecule has 36 heavy (non-hydrogen) atoms. The summed E-state index contributed by atoms with van der Waals surface area (Å²) in [5, 5.41) is 21.4. The number of methoxy groups -OCH3 is 1. The summed E-state index contributed by atoms with van der Waals surface area (Å²) in [7, 11) is 1.39. The molecule has 7 atom stereocenters. The molecule has 0 bridgehead atoms. The van der Waals surface area contributed by atoms with Crippen LogP contribution in [0.25, 0.3) is 0 Å². The van der Waals surface area contributed by atoms with Gasteiger partial charge in [-0.3, -0.25) is 4.79 Å². The number of esters is 1. The van der Waals surface area contributed by atoms with Crippen molar-refractivity contribution in [3.8, 4) is 0 Å². The maximum Gasteiger partial charge on any atom is 0.308 e. The Hall–Kier alpha value is -0.770. The van der Waals surface area contributed by atoms with E-state index in [1.165, 1.54) is 7.11 Å². The number of carbonyl (C=O) groups is 1. The number of hydrogen-bond donors (Lipinski definition) is 2. The molecule has 0 saturated carbocycles. The van der Waals surface area contributed by atoms with Crippen molar-refractivity contribution in [3.05, 3.63) is 0 Å². The van der Waals surface area contributed by atoms with E-state index >= 15 is 0 Å². The lowest BCUT2D eigenvalue weighted by atomic mass is 9.91. The molecule has 0 aromatic rings. The third kappa shape index (κ3) is 16.2. The molecule has 0 aliphatic carbocycles. The van der Waals surface area contributed by atoms with Crippen LogP contribution in [0.1, 0.15) is 92.9 Å². The number of rotatable bonds is 24. The molecule has 0 aliphatic heterocycles. The van der Waals surface area contributed by atoms with Crippen LogP contribution in [0, 0.1) is 17.8 Å². The Balaban J connectivity index is 5.36. The zero-order valence-corrected chi connectivity index (χ0v) is 24.1. The van der Waals surface area contributed by atoms with Gasteiger partial charge in [0.25, 0.3) is 0 Å². The maximum absolute atomic E-state index is 11.7. The molecular weight excluding hydrogens is 464 g/mol. The summed E-state index contributed by atoms with van der Waals surface area (Å²) >= 11 is 0. The first-order valence-electron chi connectivity index (χ1n) is 14.1. The standard InChI is InChI=1S/C28H56O8/c1-8-11-14-33-20-24(23(6)29)27(35-16-13-10-3)25(34-15-12-9-2)18-26(30)36-19-21(4)17-22(5)28(31)32-7/h21-27,29-30H,8-20H2,1-7H3/t21-,22?,23?,24?,25?,26?,27?/m0/s1. The minimum atomic E-state index is -1.06. The lowest BCUT2D eigenvalue weighted by Gasteiger charge is -2.36. The van der Waals surface area contributed by atoms with E-state index in [1.54, 1.807) is 6.92 Å². The molecule has 6 unspecified atom stereocenters. The van der Waals surface area contributed by atoms with Crippen LogP contribution in [-0.4, -0.2) is 80.9 Å². The third-order valence-corrected chi connectivity index (χ3v) is 6.37. The van der Waals surface area contributed by atoms with E-state index in [0.29, 0.717) is 39.5 Å². The Bertz CT molecular complexity index is 516. The zero-order valence-electron chi connectivity index (χ0n) is 24.1. The number of aliphatic hydroxyl groups is 2. The molecular formula is C28H56O8. The van der Waals surface area contributed by atoms with Crippen LogP contribution in [0.3, 0.4) is 0 Å². The fourth-order valence-electron chi connectivity index (χ4n) is 4.03. The van der Waals surface area contributed by atoms with Crippen molar-refractivity contribution in [1.82, 2.24) is 0 Å². The van der Waals surface area contributed by atoms with Crippen LogP contribution in [0.5, 0.6) is 0 Å². The van der Waals surface area contributed by atoms with Crippen LogP contribution in [0.4, 0.5) is 0 Å². The SMILES string of the molecule is CCCCOCC(C(C)O)C(OCCCC)C(CC(O)OC[C@@H](C)CC(C)C(=O)OC)OCCCC. The average molecular weight is 521 g/mol. The molecule has 216 valence electrons. The van der Waals surface area contributed by atoms with E-state index in [2.05, 4.69) is 20.8 Å². The van der Waals surface area contributed by atoms with Crippen LogP contribution < -0.4 is 0 Å². The number of carbonyl (C=O) groups excluding carboxylic acids is 1. The maximum atomic E-state index is 11.7. The van der Waals surface area contributed by atoms with Crippen LogP contribution in [0.2, 0.25) is 0 Å². The van der Waals surface area contributed by atoms with Gasteiger partial charge in [0.2, 0.25) is 0 Å². The predicted octanol–water partition coefficient (Wildman–Crippen LogP) is 4.73. The lowest BCUT2D eigenvalue weighted by molar-refractivity contribution is -0.177. The van der Waals surface area contributed by atoms with Crippen LogP contribution in [-0.2, 0) is 28.5 Å². The monoisotopic (exact) mass is 520 g/mol. The topological polar surface area (TPSA) is 104 Å². The fourth-order valence-corrected chi connectivity index (χ4v) is 4.03. The van der Waals surface area contributed by atoms with Gasteiger partial charge in [0.1, 0.15) is 0 Å². The smallest absolute Gasteiger partial charge is 0.308 e. The molecule has 0 fully saturated rings. The Morgan fingerprint density at radius 2 is 1.36 bits per heavy atom. The normalized spacial score (nSPS) is 17.7. The summed E-state index contributed by atoms with van der Waals surface area (Å²) in [6.45, 7) is 14.3. The minimum absolute atomic E-state index is 0.0713. The second-order valence-electron chi connectivity index (χ2n) is 10.1. The van der Waals surface area contributed by atoms with Crippen molar-refractivity contribution in [2.75, 3.05) is 40.1 Å². The van der Waals surface area contributed by atoms with Gasteiger partial charge in [-0.05, 0) is 38.5 Å². The molecule has 0 aromatic carbocycles. The lowest BCUT2D eigenvalue weighted by Crippen LogP contribution is -2.46. The van der Waals surface area contributed by atoms with Gasteiger partial charge in [0.15, 0.2) is 6.29 Å². The molecule has 0 saturated heterocycles. The number of unbranched alkanes of at least 4 members (excludes halogenated alkanes) is 3. The highest BCUT2D eigenvalue weighted by molar-refractivity contribution is 5.71. The zero-order chi connectivity index (χ0) is 27.3. The Morgan fingerprint density at radius 1 is 0.778 bits per heavy atom. The molecule has 8 heteroatoms. The van der Waals surface area contributed by atoms with E-state index < -0.39 is 24.6 Å². The molecule has 2 N–H and O–H groups in total. The largest absolute Gasteiger partial charge is 0.469 e. The molecule has 0 radical (unpaired) electrons. The molecule has 0 aliphatic rings. The van der Waals surface area contributed by atoms with Gasteiger partial charge in [-0.2, -0.15) is 0 Å². The van der Waals surface area contributed by atoms with Crippen LogP contribution in [0.15, 0.2) is 0 Å². The summed E-state index contributed by atoms with van der Waals surface area (Å²) in [5.41, 5.74) is 0. The highest BCUT2D eigenvalue weighted by Crippen LogP contribution is 2.24. The Morgan fingerprint density at radius 3 is 1.92 bits per heavy atom. The number of aliphatic hydroxyl groups excluding tert-OH is 2. The van der Waals surface area contributed by atoms with Gasteiger partial charge in [-0.15, -0.1) is 0 Å². The first-order chi connectivity index (χ1) is 17.2. The van der Waals surface area contributed by atoms with E-state index in [1.807, 2.05) is 13.8 Å². The van der Waals surface area contributed by atoms with Crippen molar-refractivity contribution < 1.29 is 38.7 Å². The van der Waals surface area contributed by atoms with Gasteiger partial charge in [0, 0.05) is 32.2 Å². The van der Waals surface area contributed by atoms with Gasteiger partial charge >= 0.3 is 5.97 Å². The van der Waals surface area contributed by atoms with Crippen LogP contribution >= 0.6 is 0 Å². The van der Waals surface area contributed by atoms with Crippen molar-refractivity contribution in [2.45, 2.75) is 118 Å². The summed E-state index contributed by atoms with van der Waals surface area (Å²) in [6.07, 6.45) is 4.00. The van der Waals surface area contributed by atoms with E-state index in [4.69, 9.17) is 23.7 Å². The van der Waals surface area contributed by atoms with E-state index in [-0.39, 0.29) is 30.1 Å². The summed E-state index contributed by atoms with van der Waals surface area (Å²) in [4.78, 5) is 11.7. The number of hydrogen-bond acceptors (Lipinski definition) is 8. The molecule has 0 spiro atoms. The van der Waals surface area contributed by atoms with E-state index in [9.17, 15) is 15.0 Å². The fraction of sp³-hybridized carbons (Fsp3) is 0.964. The summed E-state index contributed by atoms with van der Waals surface area (Å²) in [6, 6.07) is 0. The number of ether oxygens (including phenoxy) is 5. The first kappa shape index (κ1) is 35.2. The van der Waals surface area contributed by atoms with E-state index in [0.717, 1.165) is 38.5 Å². The molecule has 8 nitrogen and oxygen atoms in total. The first-order valence-corrected chi connectivity index (χ1v) is 14.1. The quantitative estimate of drug-likeness (QED) is 0.107. The molecule has 0 rings (SSSR count). The van der Waals surface area contributed by atoms with Crippen molar-refractivity contribution in [3.63, 3.8) is 0 Å².